The molecule has 1 aromatic carbocycles. The number of carbonyl (C=O) groups excluding carboxylic acids is 2. The van der Waals surface area contributed by atoms with Gasteiger partial charge in [0.2, 0.25) is 0 Å². The molecule has 1 fully saturated rings. The Morgan fingerprint density at radius 3 is 2.25 bits per heavy atom. The number of amides is 2. The molecule has 1 aliphatic rings. The number of piperazine rings is 1. The van der Waals surface area contributed by atoms with Crippen LogP contribution in [0.3, 0.4) is 0 Å². The second kappa shape index (κ2) is 6.94. The van der Waals surface area contributed by atoms with Crippen LogP contribution < -0.4 is 0 Å². The standard InChI is InChI=1S/C16H13BrClFN2O3/c17-14-7-10(9-24-14)15(22)20-3-5-21(6-4-20)16(23)12-2-1-11(19)8-13(12)18/h1-2,7-9H,3-6H2. The van der Waals surface area contributed by atoms with Gasteiger partial charge in [0.25, 0.3) is 11.8 Å². The molecule has 2 amide bonds. The van der Waals surface area contributed by atoms with Gasteiger partial charge in [-0.2, -0.15) is 0 Å². The summed E-state index contributed by atoms with van der Waals surface area (Å²) >= 11 is 9.10. The van der Waals surface area contributed by atoms with Crippen molar-refractivity contribution < 1.29 is 18.4 Å². The van der Waals surface area contributed by atoms with Crippen molar-refractivity contribution in [3.05, 3.63) is 57.2 Å². The van der Waals surface area contributed by atoms with Gasteiger partial charge in [-0.25, -0.2) is 4.39 Å². The Morgan fingerprint density at radius 1 is 1.08 bits per heavy atom. The van der Waals surface area contributed by atoms with Crippen molar-refractivity contribution in [1.29, 1.82) is 0 Å². The summed E-state index contributed by atoms with van der Waals surface area (Å²) in [4.78, 5) is 28.1. The zero-order chi connectivity index (χ0) is 17.3. The molecule has 2 heterocycles. The second-order valence-electron chi connectivity index (χ2n) is 5.35. The normalized spacial score (nSPS) is 14.8. The third-order valence-corrected chi connectivity index (χ3v) is 4.56. The van der Waals surface area contributed by atoms with E-state index >= 15 is 0 Å². The zero-order valence-corrected chi connectivity index (χ0v) is 14.8. The number of rotatable bonds is 2. The molecular formula is C16H13BrClFN2O3. The fourth-order valence-corrected chi connectivity index (χ4v) is 3.14. The van der Waals surface area contributed by atoms with Crippen molar-refractivity contribution in [2.24, 2.45) is 0 Å². The molecule has 1 aromatic heterocycles. The summed E-state index contributed by atoms with van der Waals surface area (Å²) in [6, 6.07) is 5.31. The van der Waals surface area contributed by atoms with Crippen molar-refractivity contribution in [2.45, 2.75) is 0 Å². The van der Waals surface area contributed by atoms with E-state index in [-0.39, 0.29) is 22.4 Å². The fourth-order valence-electron chi connectivity index (χ4n) is 2.55. The van der Waals surface area contributed by atoms with Crippen molar-refractivity contribution in [1.82, 2.24) is 9.80 Å². The lowest BCUT2D eigenvalue weighted by Gasteiger charge is -2.34. The van der Waals surface area contributed by atoms with Crippen LogP contribution in [0, 0.1) is 5.82 Å². The second-order valence-corrected chi connectivity index (χ2v) is 6.54. The number of nitrogens with zero attached hydrogens (tertiary/aromatic N) is 2. The maximum absolute atomic E-state index is 13.1. The Hall–Kier alpha value is -1.86. The summed E-state index contributed by atoms with van der Waals surface area (Å²) in [6.45, 7) is 1.59. The average Bonchev–Trinajstić information content (AvgIpc) is 3.00. The van der Waals surface area contributed by atoms with E-state index in [2.05, 4.69) is 15.9 Å². The molecule has 126 valence electrons. The molecule has 1 saturated heterocycles. The predicted molar refractivity (Wildman–Crippen MR) is 89.6 cm³/mol. The number of hydrogen-bond acceptors (Lipinski definition) is 3. The topological polar surface area (TPSA) is 53.8 Å². The van der Waals surface area contributed by atoms with E-state index in [1.165, 1.54) is 18.4 Å². The molecule has 0 aliphatic carbocycles. The van der Waals surface area contributed by atoms with E-state index in [4.69, 9.17) is 16.0 Å². The highest BCUT2D eigenvalue weighted by Gasteiger charge is 2.27. The summed E-state index contributed by atoms with van der Waals surface area (Å²) in [7, 11) is 0. The van der Waals surface area contributed by atoms with E-state index in [1.54, 1.807) is 15.9 Å². The van der Waals surface area contributed by atoms with Gasteiger partial charge in [-0.1, -0.05) is 11.6 Å². The smallest absolute Gasteiger partial charge is 0.257 e. The minimum atomic E-state index is -0.488. The summed E-state index contributed by atoms with van der Waals surface area (Å²) < 4.78 is 18.7. The highest BCUT2D eigenvalue weighted by molar-refractivity contribution is 9.10. The Kier molecular flexibility index (Phi) is 4.91. The van der Waals surface area contributed by atoms with Crippen molar-refractivity contribution in [3.63, 3.8) is 0 Å². The number of furan rings is 1. The fraction of sp³-hybridized carbons (Fsp3) is 0.250. The van der Waals surface area contributed by atoms with Crippen LogP contribution in [0.2, 0.25) is 5.02 Å². The van der Waals surface area contributed by atoms with Gasteiger partial charge in [-0.3, -0.25) is 9.59 Å². The number of hydrogen-bond donors (Lipinski definition) is 0. The third-order valence-electron chi connectivity index (χ3n) is 3.83. The summed E-state index contributed by atoms with van der Waals surface area (Å²) in [5.74, 6) is -0.896. The average molecular weight is 416 g/mol. The molecule has 1 aliphatic heterocycles. The molecule has 3 rings (SSSR count). The first-order valence-electron chi connectivity index (χ1n) is 7.23. The van der Waals surface area contributed by atoms with Crippen LogP contribution in [0.15, 0.2) is 39.6 Å². The van der Waals surface area contributed by atoms with Crippen LogP contribution in [0.1, 0.15) is 20.7 Å². The number of carbonyl (C=O) groups is 2. The van der Waals surface area contributed by atoms with E-state index in [1.807, 2.05) is 0 Å². The monoisotopic (exact) mass is 414 g/mol. The molecule has 0 N–H and O–H groups in total. The largest absolute Gasteiger partial charge is 0.457 e. The molecule has 0 unspecified atom stereocenters. The molecule has 5 nitrogen and oxygen atoms in total. The first-order chi connectivity index (χ1) is 11.5. The Bertz CT molecular complexity index is 787. The highest BCUT2D eigenvalue weighted by atomic mass is 79.9. The summed E-state index contributed by atoms with van der Waals surface area (Å²) in [5, 5.41) is 0.0850. The molecule has 0 bridgehead atoms. The molecule has 0 saturated carbocycles. The molecule has 0 atom stereocenters. The zero-order valence-electron chi connectivity index (χ0n) is 12.5. The van der Waals surface area contributed by atoms with Crippen molar-refractivity contribution in [2.75, 3.05) is 26.2 Å². The molecule has 0 spiro atoms. The van der Waals surface area contributed by atoms with Crippen LogP contribution in [0.5, 0.6) is 0 Å². The lowest BCUT2D eigenvalue weighted by atomic mass is 10.1. The van der Waals surface area contributed by atoms with Crippen molar-refractivity contribution in [3.8, 4) is 0 Å². The molecule has 8 heteroatoms. The minimum Gasteiger partial charge on any atom is -0.457 e. The van der Waals surface area contributed by atoms with Gasteiger partial charge in [0.15, 0.2) is 4.67 Å². The highest BCUT2D eigenvalue weighted by Crippen LogP contribution is 2.21. The van der Waals surface area contributed by atoms with E-state index in [0.717, 1.165) is 6.07 Å². The predicted octanol–water partition coefficient (Wildman–Crippen LogP) is 3.43. The van der Waals surface area contributed by atoms with Crippen LogP contribution >= 0.6 is 27.5 Å². The quantitative estimate of drug-likeness (QED) is 0.755. The summed E-state index contributed by atoms with van der Waals surface area (Å²) in [5.41, 5.74) is 0.722. The molecule has 0 radical (unpaired) electrons. The third kappa shape index (κ3) is 3.47. The number of benzene rings is 1. The van der Waals surface area contributed by atoms with Crippen LogP contribution in [-0.2, 0) is 0 Å². The maximum Gasteiger partial charge on any atom is 0.257 e. The van der Waals surface area contributed by atoms with Gasteiger partial charge in [0.1, 0.15) is 12.1 Å². The lowest BCUT2D eigenvalue weighted by Crippen LogP contribution is -2.50. The minimum absolute atomic E-state index is 0.0850. The van der Waals surface area contributed by atoms with Gasteiger partial charge < -0.3 is 14.2 Å². The number of halogens is 3. The van der Waals surface area contributed by atoms with Crippen LogP contribution in [0.4, 0.5) is 4.39 Å². The van der Waals surface area contributed by atoms with Gasteiger partial charge >= 0.3 is 0 Å². The Morgan fingerprint density at radius 2 is 1.71 bits per heavy atom. The van der Waals surface area contributed by atoms with E-state index in [0.29, 0.717) is 36.4 Å². The Labute approximate surface area is 151 Å². The van der Waals surface area contributed by atoms with Crippen molar-refractivity contribution >= 4 is 39.3 Å². The molecule has 2 aromatic rings. The van der Waals surface area contributed by atoms with Gasteiger partial charge in [-0.05, 0) is 34.1 Å². The first-order valence-corrected chi connectivity index (χ1v) is 8.40. The van der Waals surface area contributed by atoms with Gasteiger partial charge in [-0.15, -0.1) is 0 Å². The SMILES string of the molecule is O=C(c1coc(Br)c1)N1CCN(C(=O)c2ccc(F)cc2Cl)CC1. The van der Waals surface area contributed by atoms with Gasteiger partial charge in [0.05, 0.1) is 16.1 Å². The van der Waals surface area contributed by atoms with E-state index in [9.17, 15) is 14.0 Å². The first kappa shape index (κ1) is 17.0. The van der Waals surface area contributed by atoms with E-state index < -0.39 is 5.82 Å². The maximum atomic E-state index is 13.1. The lowest BCUT2D eigenvalue weighted by molar-refractivity contribution is 0.0535. The molecular weight excluding hydrogens is 403 g/mol. The molecule has 24 heavy (non-hydrogen) atoms. The Balaban J connectivity index is 1.64. The van der Waals surface area contributed by atoms with Crippen LogP contribution in [-0.4, -0.2) is 47.8 Å². The summed E-state index contributed by atoms with van der Waals surface area (Å²) in [6.07, 6.45) is 1.39. The van der Waals surface area contributed by atoms with Gasteiger partial charge in [0, 0.05) is 32.2 Å². The van der Waals surface area contributed by atoms with Crippen LogP contribution in [0.25, 0.3) is 0 Å².